The number of aryl methyl sites for hydroxylation is 2. The number of piperidine rings is 1. The van der Waals surface area contributed by atoms with Gasteiger partial charge in [-0.1, -0.05) is 0 Å². The van der Waals surface area contributed by atoms with Gasteiger partial charge in [-0.25, -0.2) is 4.79 Å². The average Bonchev–Trinajstić information content (AvgIpc) is 3.18. The minimum Gasteiger partial charge on any atom is -0.450 e. The molecule has 2 saturated heterocycles. The molecule has 1 amide bonds. The smallest absolute Gasteiger partial charge is 0.409 e. The lowest BCUT2D eigenvalue weighted by molar-refractivity contribution is -0.00493. The summed E-state index contributed by atoms with van der Waals surface area (Å²) in [4.78, 5) is 16.5. The van der Waals surface area contributed by atoms with E-state index < -0.39 is 0 Å². The van der Waals surface area contributed by atoms with Crippen LogP contribution in [0.5, 0.6) is 0 Å². The highest BCUT2D eigenvalue weighted by atomic mass is 16.6. The van der Waals surface area contributed by atoms with Crippen LogP contribution >= 0.6 is 0 Å². The number of amides is 1. The Kier molecular flexibility index (Phi) is 4.71. The molecule has 0 unspecified atom stereocenters. The second-order valence-corrected chi connectivity index (χ2v) is 8.61. The number of carbonyl (C=O) groups is 1. The van der Waals surface area contributed by atoms with Crippen molar-refractivity contribution < 1.29 is 9.53 Å². The van der Waals surface area contributed by atoms with Crippen molar-refractivity contribution >= 4 is 6.09 Å². The van der Waals surface area contributed by atoms with E-state index in [9.17, 15) is 4.79 Å². The molecular formula is C20H32N4O2. The van der Waals surface area contributed by atoms with Crippen molar-refractivity contribution in [2.24, 2.45) is 12.5 Å². The van der Waals surface area contributed by atoms with Crippen molar-refractivity contribution in [1.82, 2.24) is 19.6 Å². The van der Waals surface area contributed by atoms with Gasteiger partial charge in [0.25, 0.3) is 0 Å². The molecule has 0 atom stereocenters. The molecule has 3 aliphatic rings. The highest BCUT2D eigenvalue weighted by Gasteiger charge is 2.51. The zero-order valence-corrected chi connectivity index (χ0v) is 16.4. The lowest BCUT2D eigenvalue weighted by Crippen LogP contribution is -2.54. The molecule has 3 fully saturated rings. The first-order valence-corrected chi connectivity index (χ1v) is 10.2. The largest absolute Gasteiger partial charge is 0.450 e. The Balaban J connectivity index is 1.26. The average molecular weight is 361 g/mol. The summed E-state index contributed by atoms with van der Waals surface area (Å²) in [6.45, 7) is 8.65. The van der Waals surface area contributed by atoms with E-state index in [1.54, 1.807) is 0 Å². The number of ether oxygens (including phenoxy) is 1. The first-order chi connectivity index (χ1) is 12.5. The number of rotatable bonds is 3. The van der Waals surface area contributed by atoms with Gasteiger partial charge in [0.2, 0.25) is 0 Å². The first-order valence-electron chi connectivity index (χ1n) is 10.2. The number of aromatic nitrogens is 2. The van der Waals surface area contributed by atoms with Crippen molar-refractivity contribution in [2.75, 3.05) is 32.8 Å². The molecule has 6 heteroatoms. The van der Waals surface area contributed by atoms with Crippen molar-refractivity contribution in [3.05, 3.63) is 17.5 Å². The van der Waals surface area contributed by atoms with E-state index in [-0.39, 0.29) is 6.09 Å². The summed E-state index contributed by atoms with van der Waals surface area (Å²) >= 11 is 0. The fourth-order valence-corrected chi connectivity index (χ4v) is 5.40. The van der Waals surface area contributed by atoms with Crippen LogP contribution < -0.4 is 0 Å². The van der Waals surface area contributed by atoms with Crippen LogP contribution in [-0.2, 0) is 11.8 Å². The van der Waals surface area contributed by atoms with Crippen LogP contribution in [0.1, 0.15) is 56.2 Å². The van der Waals surface area contributed by atoms with Crippen LogP contribution in [0.15, 0.2) is 6.20 Å². The molecule has 1 spiro atoms. The monoisotopic (exact) mass is 360 g/mol. The zero-order valence-electron chi connectivity index (χ0n) is 16.4. The Morgan fingerprint density at radius 1 is 1.31 bits per heavy atom. The molecule has 6 nitrogen and oxygen atoms in total. The van der Waals surface area contributed by atoms with Gasteiger partial charge < -0.3 is 14.5 Å². The van der Waals surface area contributed by atoms with Crippen LogP contribution in [0, 0.1) is 12.3 Å². The summed E-state index contributed by atoms with van der Waals surface area (Å²) in [6.07, 6.45) is 8.08. The van der Waals surface area contributed by atoms with Crippen LogP contribution in [0.25, 0.3) is 0 Å². The minimum atomic E-state index is -0.126. The summed E-state index contributed by atoms with van der Waals surface area (Å²) < 4.78 is 7.11. The molecule has 144 valence electrons. The molecule has 0 N–H and O–H groups in total. The van der Waals surface area contributed by atoms with Gasteiger partial charge in [-0.15, -0.1) is 0 Å². The molecule has 0 bridgehead atoms. The molecule has 1 aromatic rings. The summed E-state index contributed by atoms with van der Waals surface area (Å²) in [5.41, 5.74) is 3.00. The van der Waals surface area contributed by atoms with Gasteiger partial charge in [-0.2, -0.15) is 5.10 Å². The van der Waals surface area contributed by atoms with E-state index in [0.717, 1.165) is 19.5 Å². The molecule has 2 aliphatic heterocycles. The molecule has 1 saturated carbocycles. The quantitative estimate of drug-likeness (QED) is 0.832. The van der Waals surface area contributed by atoms with E-state index in [1.165, 1.54) is 50.0 Å². The van der Waals surface area contributed by atoms with Gasteiger partial charge in [0.05, 0.1) is 12.3 Å². The summed E-state index contributed by atoms with van der Waals surface area (Å²) in [6, 6.07) is 0.711. The van der Waals surface area contributed by atoms with Gasteiger partial charge >= 0.3 is 6.09 Å². The lowest BCUT2D eigenvalue weighted by atomic mass is 9.64. The van der Waals surface area contributed by atoms with Gasteiger partial charge in [-0.05, 0) is 70.0 Å². The fraction of sp³-hybridized carbons (Fsp3) is 0.800. The maximum absolute atomic E-state index is 11.9. The number of nitrogens with zero attached hydrogens (tertiary/aromatic N) is 4. The van der Waals surface area contributed by atoms with E-state index in [4.69, 9.17) is 4.74 Å². The molecule has 4 rings (SSSR count). The van der Waals surface area contributed by atoms with E-state index in [1.807, 2.05) is 23.6 Å². The predicted molar refractivity (Wildman–Crippen MR) is 100 cm³/mol. The third-order valence-electron chi connectivity index (χ3n) is 6.78. The number of carbonyl (C=O) groups excluding carboxylic acids is 1. The molecule has 26 heavy (non-hydrogen) atoms. The molecule has 0 radical (unpaired) electrons. The van der Waals surface area contributed by atoms with Crippen molar-refractivity contribution in [3.63, 3.8) is 0 Å². The normalized spacial score (nSPS) is 30.0. The van der Waals surface area contributed by atoms with E-state index >= 15 is 0 Å². The van der Waals surface area contributed by atoms with Crippen molar-refractivity contribution in [3.8, 4) is 0 Å². The van der Waals surface area contributed by atoms with E-state index in [2.05, 4.69) is 23.1 Å². The van der Waals surface area contributed by atoms with Crippen LogP contribution in [0.4, 0.5) is 4.79 Å². The molecule has 3 heterocycles. The molecule has 0 aromatic carbocycles. The lowest BCUT2D eigenvalue weighted by Gasteiger charge is -2.51. The van der Waals surface area contributed by atoms with Crippen LogP contribution in [0.2, 0.25) is 0 Å². The number of hydrogen-bond donors (Lipinski definition) is 0. The molecular weight excluding hydrogens is 328 g/mol. The summed E-state index contributed by atoms with van der Waals surface area (Å²) in [7, 11) is 2.01. The highest BCUT2D eigenvalue weighted by Crippen LogP contribution is 2.51. The number of likely N-dealkylation sites (tertiary alicyclic amines) is 2. The Labute approximate surface area is 156 Å². The predicted octanol–water partition coefficient (Wildman–Crippen LogP) is 2.92. The SMILES string of the molecule is CCOC(=O)N1CCC2(CC(N3CCC(c4nn(C)cc4C)CC3)C2)C1. The maximum atomic E-state index is 11.9. The molecule has 1 aliphatic carbocycles. The number of hydrogen-bond acceptors (Lipinski definition) is 4. The van der Waals surface area contributed by atoms with Crippen molar-refractivity contribution in [1.29, 1.82) is 0 Å². The van der Waals surface area contributed by atoms with Crippen LogP contribution in [-0.4, -0.2) is 64.5 Å². The van der Waals surface area contributed by atoms with Gasteiger partial charge in [0.15, 0.2) is 0 Å². The Bertz CT molecular complexity index is 657. The highest BCUT2D eigenvalue weighted by molar-refractivity contribution is 5.68. The van der Waals surface area contributed by atoms with Crippen molar-refractivity contribution in [2.45, 2.75) is 57.9 Å². The summed E-state index contributed by atoms with van der Waals surface area (Å²) in [5, 5.41) is 4.68. The van der Waals surface area contributed by atoms with Gasteiger partial charge in [-0.3, -0.25) is 4.68 Å². The maximum Gasteiger partial charge on any atom is 0.409 e. The standard InChI is InChI=1S/C20H32N4O2/c1-4-26-19(25)24-10-7-20(14-24)11-17(12-20)23-8-5-16(6-9-23)18-15(2)13-22(3)21-18/h13,16-17H,4-12,14H2,1-3H3. The van der Waals surface area contributed by atoms with Gasteiger partial charge in [0, 0.05) is 38.3 Å². The third-order valence-corrected chi connectivity index (χ3v) is 6.78. The zero-order chi connectivity index (χ0) is 18.3. The Morgan fingerprint density at radius 2 is 2.04 bits per heavy atom. The molecule has 1 aromatic heterocycles. The third kappa shape index (κ3) is 3.24. The topological polar surface area (TPSA) is 50.6 Å². The Morgan fingerprint density at radius 3 is 2.65 bits per heavy atom. The summed E-state index contributed by atoms with van der Waals surface area (Å²) in [5.74, 6) is 0.618. The van der Waals surface area contributed by atoms with Gasteiger partial charge in [0.1, 0.15) is 0 Å². The van der Waals surface area contributed by atoms with E-state index in [0.29, 0.717) is 24.0 Å². The fourth-order valence-electron chi connectivity index (χ4n) is 5.40. The first kappa shape index (κ1) is 17.8. The van der Waals surface area contributed by atoms with Crippen LogP contribution in [0.3, 0.4) is 0 Å². The minimum absolute atomic E-state index is 0.126. The second kappa shape index (κ2) is 6.87. The Hall–Kier alpha value is -1.56. The second-order valence-electron chi connectivity index (χ2n) is 8.61.